The zero-order valence-corrected chi connectivity index (χ0v) is 11.0. The molecule has 1 fully saturated rings. The Labute approximate surface area is 107 Å². The van der Waals surface area contributed by atoms with Gasteiger partial charge in [-0.1, -0.05) is 18.0 Å². The number of halogens is 1. The maximum absolute atomic E-state index is 5.71. The first kappa shape index (κ1) is 12.7. The van der Waals surface area contributed by atoms with E-state index in [-0.39, 0.29) is 0 Å². The van der Waals surface area contributed by atoms with Crippen molar-refractivity contribution in [3.8, 4) is 0 Å². The summed E-state index contributed by atoms with van der Waals surface area (Å²) < 4.78 is 0. The molecule has 0 aliphatic carbocycles. The Morgan fingerprint density at radius 1 is 1.41 bits per heavy atom. The highest BCUT2D eigenvalue weighted by molar-refractivity contribution is 6.29. The third-order valence-electron chi connectivity index (χ3n) is 3.06. The minimum Gasteiger partial charge on any atom is -0.313 e. The second kappa shape index (κ2) is 6.28. The topological polar surface area (TPSA) is 41.1 Å². The Hall–Kier alpha value is -0.710. The van der Waals surface area contributed by atoms with E-state index in [0.717, 1.165) is 25.3 Å². The molecular weight excluding hydrogens is 236 g/mol. The number of aromatic nitrogens is 2. The number of nitrogens with one attached hydrogen (secondary N) is 1. The SMILES string of the molecule is CN(Cc1ccc(Cl)nn1)C[C@H]1CCCCN1. The van der Waals surface area contributed by atoms with Crippen molar-refractivity contribution in [2.24, 2.45) is 0 Å². The molecule has 0 aromatic carbocycles. The summed E-state index contributed by atoms with van der Waals surface area (Å²) in [7, 11) is 2.12. The lowest BCUT2D eigenvalue weighted by molar-refractivity contribution is 0.254. The first-order valence-corrected chi connectivity index (χ1v) is 6.52. The summed E-state index contributed by atoms with van der Waals surface area (Å²) in [6.07, 6.45) is 3.92. The Morgan fingerprint density at radius 2 is 2.29 bits per heavy atom. The smallest absolute Gasteiger partial charge is 0.151 e. The summed E-state index contributed by atoms with van der Waals surface area (Å²) in [5, 5.41) is 11.9. The van der Waals surface area contributed by atoms with Crippen LogP contribution in [0.1, 0.15) is 25.0 Å². The van der Waals surface area contributed by atoms with Crippen molar-refractivity contribution in [3.63, 3.8) is 0 Å². The van der Waals surface area contributed by atoms with Gasteiger partial charge in [0.2, 0.25) is 0 Å². The standard InChI is InChI=1S/C12H19ClN4/c1-17(8-10-4-2-3-7-14-10)9-11-5-6-12(13)16-15-11/h5-6,10,14H,2-4,7-9H2,1H3/t10-/m1/s1. The van der Waals surface area contributed by atoms with Gasteiger partial charge in [0, 0.05) is 19.1 Å². The van der Waals surface area contributed by atoms with Gasteiger partial charge in [-0.2, -0.15) is 5.10 Å². The first-order valence-electron chi connectivity index (χ1n) is 6.14. The number of hydrogen-bond donors (Lipinski definition) is 1. The second-order valence-electron chi connectivity index (χ2n) is 4.69. The molecule has 1 aliphatic heterocycles. The number of likely N-dealkylation sites (N-methyl/N-ethyl adjacent to an activating group) is 1. The van der Waals surface area contributed by atoms with Crippen molar-refractivity contribution < 1.29 is 0 Å². The van der Waals surface area contributed by atoms with Crippen molar-refractivity contribution in [2.45, 2.75) is 31.8 Å². The average Bonchev–Trinajstić information content (AvgIpc) is 2.33. The molecule has 2 heterocycles. The Bertz CT molecular complexity index is 335. The van der Waals surface area contributed by atoms with Crippen LogP contribution < -0.4 is 5.32 Å². The van der Waals surface area contributed by atoms with Gasteiger partial charge in [0.25, 0.3) is 0 Å². The van der Waals surface area contributed by atoms with E-state index in [2.05, 4.69) is 27.5 Å². The molecule has 2 rings (SSSR count). The number of nitrogens with zero attached hydrogens (tertiary/aromatic N) is 3. The molecule has 0 bridgehead atoms. The van der Waals surface area contributed by atoms with Crippen LogP contribution in [0, 0.1) is 0 Å². The first-order chi connectivity index (χ1) is 8.24. The van der Waals surface area contributed by atoms with Gasteiger partial charge in [0.15, 0.2) is 5.15 Å². The fourth-order valence-electron chi connectivity index (χ4n) is 2.23. The van der Waals surface area contributed by atoms with Crippen LogP contribution in [0.2, 0.25) is 5.15 Å². The quantitative estimate of drug-likeness (QED) is 0.888. The van der Waals surface area contributed by atoms with E-state index in [1.807, 2.05) is 6.07 Å². The molecule has 0 saturated carbocycles. The van der Waals surface area contributed by atoms with E-state index in [1.165, 1.54) is 19.3 Å². The minimum atomic E-state index is 0.449. The van der Waals surface area contributed by atoms with Crippen LogP contribution in [-0.2, 0) is 6.54 Å². The van der Waals surface area contributed by atoms with E-state index in [9.17, 15) is 0 Å². The van der Waals surface area contributed by atoms with Gasteiger partial charge in [-0.3, -0.25) is 4.90 Å². The number of hydrogen-bond acceptors (Lipinski definition) is 4. The van der Waals surface area contributed by atoms with Crippen molar-refractivity contribution in [2.75, 3.05) is 20.1 Å². The molecular formula is C12H19ClN4. The van der Waals surface area contributed by atoms with Gasteiger partial charge in [-0.05, 0) is 38.6 Å². The summed E-state index contributed by atoms with van der Waals surface area (Å²) in [6.45, 7) is 3.03. The molecule has 1 N–H and O–H groups in total. The molecule has 4 nitrogen and oxygen atoms in total. The number of piperidine rings is 1. The molecule has 5 heteroatoms. The van der Waals surface area contributed by atoms with Crippen LogP contribution in [0.15, 0.2) is 12.1 Å². The lowest BCUT2D eigenvalue weighted by Gasteiger charge is -2.27. The molecule has 0 unspecified atom stereocenters. The van der Waals surface area contributed by atoms with Crippen LogP contribution in [0.25, 0.3) is 0 Å². The Balaban J connectivity index is 1.79. The van der Waals surface area contributed by atoms with Gasteiger partial charge in [-0.15, -0.1) is 5.10 Å². The summed E-state index contributed by atoms with van der Waals surface area (Å²) in [5.74, 6) is 0. The Kier molecular flexibility index (Phi) is 4.71. The zero-order valence-electron chi connectivity index (χ0n) is 10.2. The summed E-state index contributed by atoms with van der Waals surface area (Å²) in [4.78, 5) is 2.28. The second-order valence-corrected chi connectivity index (χ2v) is 5.08. The van der Waals surface area contributed by atoms with E-state index < -0.39 is 0 Å². The fraction of sp³-hybridized carbons (Fsp3) is 0.667. The van der Waals surface area contributed by atoms with Crippen LogP contribution in [0.5, 0.6) is 0 Å². The van der Waals surface area contributed by atoms with Gasteiger partial charge < -0.3 is 5.32 Å². The highest BCUT2D eigenvalue weighted by Gasteiger charge is 2.14. The average molecular weight is 255 g/mol. The van der Waals surface area contributed by atoms with E-state index >= 15 is 0 Å². The van der Waals surface area contributed by atoms with Crippen molar-refractivity contribution in [1.82, 2.24) is 20.4 Å². The molecule has 0 spiro atoms. The predicted molar refractivity (Wildman–Crippen MR) is 69.0 cm³/mol. The number of rotatable bonds is 4. The van der Waals surface area contributed by atoms with E-state index in [1.54, 1.807) is 6.07 Å². The van der Waals surface area contributed by atoms with Crippen molar-refractivity contribution in [1.29, 1.82) is 0 Å². The van der Waals surface area contributed by atoms with E-state index in [4.69, 9.17) is 11.6 Å². The summed E-state index contributed by atoms with van der Waals surface area (Å²) in [6, 6.07) is 4.34. The lowest BCUT2D eigenvalue weighted by Crippen LogP contribution is -2.42. The van der Waals surface area contributed by atoms with Gasteiger partial charge in [0.05, 0.1) is 5.69 Å². The molecule has 1 aromatic rings. The maximum Gasteiger partial charge on any atom is 0.151 e. The molecule has 0 amide bonds. The monoisotopic (exact) mass is 254 g/mol. The van der Waals surface area contributed by atoms with Crippen LogP contribution in [-0.4, -0.2) is 41.3 Å². The Morgan fingerprint density at radius 3 is 2.94 bits per heavy atom. The third-order valence-corrected chi connectivity index (χ3v) is 3.27. The molecule has 1 saturated heterocycles. The van der Waals surface area contributed by atoms with Gasteiger partial charge in [0.1, 0.15) is 0 Å². The van der Waals surface area contributed by atoms with Gasteiger partial charge in [-0.25, -0.2) is 0 Å². The highest BCUT2D eigenvalue weighted by Crippen LogP contribution is 2.09. The fourth-order valence-corrected chi connectivity index (χ4v) is 2.33. The molecule has 1 aromatic heterocycles. The van der Waals surface area contributed by atoms with Crippen molar-refractivity contribution in [3.05, 3.63) is 23.0 Å². The summed E-state index contributed by atoms with van der Waals surface area (Å²) in [5.41, 5.74) is 0.965. The van der Waals surface area contributed by atoms with E-state index in [0.29, 0.717) is 11.2 Å². The largest absolute Gasteiger partial charge is 0.313 e. The minimum absolute atomic E-state index is 0.449. The highest BCUT2D eigenvalue weighted by atomic mass is 35.5. The molecule has 17 heavy (non-hydrogen) atoms. The lowest BCUT2D eigenvalue weighted by atomic mass is 10.0. The summed E-state index contributed by atoms with van der Waals surface area (Å²) >= 11 is 5.71. The van der Waals surface area contributed by atoms with Crippen LogP contribution >= 0.6 is 11.6 Å². The van der Waals surface area contributed by atoms with Crippen LogP contribution in [0.3, 0.4) is 0 Å². The molecule has 94 valence electrons. The maximum atomic E-state index is 5.71. The molecule has 1 aliphatic rings. The molecule has 1 atom stereocenters. The van der Waals surface area contributed by atoms with Crippen molar-refractivity contribution >= 4 is 11.6 Å². The molecule has 0 radical (unpaired) electrons. The third kappa shape index (κ3) is 4.22. The van der Waals surface area contributed by atoms with Gasteiger partial charge >= 0.3 is 0 Å². The van der Waals surface area contributed by atoms with Crippen LogP contribution in [0.4, 0.5) is 0 Å². The normalized spacial score (nSPS) is 20.8. The zero-order chi connectivity index (χ0) is 12.1. The predicted octanol–water partition coefficient (Wildman–Crippen LogP) is 1.70.